The van der Waals surface area contributed by atoms with E-state index in [1.54, 1.807) is 6.26 Å². The fourth-order valence-corrected chi connectivity index (χ4v) is 2.14. The predicted molar refractivity (Wildman–Crippen MR) is 55.5 cm³/mol. The average molecular weight is 244 g/mol. The molecule has 1 aliphatic heterocycles. The first-order valence-corrected chi connectivity index (χ1v) is 5.49. The van der Waals surface area contributed by atoms with Gasteiger partial charge < -0.3 is 4.42 Å². The molecule has 0 N–H and O–H groups in total. The molecule has 13 heavy (non-hydrogen) atoms. The fourth-order valence-electron chi connectivity index (χ4n) is 1.81. The van der Waals surface area contributed by atoms with Crippen LogP contribution >= 0.6 is 15.9 Å². The molecule has 0 bridgehead atoms. The van der Waals surface area contributed by atoms with Crippen molar-refractivity contribution >= 4 is 15.9 Å². The zero-order chi connectivity index (χ0) is 9.26. The van der Waals surface area contributed by atoms with Crippen LogP contribution in [0.4, 0.5) is 0 Å². The number of nitrogens with zero attached hydrogens (tertiary/aromatic N) is 1. The third kappa shape index (κ3) is 2.15. The maximum absolute atomic E-state index is 5.37. The van der Waals surface area contributed by atoms with Crippen molar-refractivity contribution in [1.29, 1.82) is 0 Å². The molecule has 1 saturated heterocycles. The number of furan rings is 1. The summed E-state index contributed by atoms with van der Waals surface area (Å²) in [6, 6.07) is 1.95. The molecule has 1 fully saturated rings. The molecule has 2 rings (SSSR count). The summed E-state index contributed by atoms with van der Waals surface area (Å²) in [6.07, 6.45) is 3.05. The Morgan fingerprint density at radius 2 is 2.54 bits per heavy atom. The first-order valence-electron chi connectivity index (χ1n) is 4.70. The second-order valence-electron chi connectivity index (χ2n) is 3.82. The van der Waals surface area contributed by atoms with E-state index in [1.165, 1.54) is 19.5 Å². The summed E-state index contributed by atoms with van der Waals surface area (Å²) >= 11 is 3.47. The summed E-state index contributed by atoms with van der Waals surface area (Å²) in [5.74, 6) is 1.89. The SMILES string of the molecule is CC1CCN(Cc2occc2Br)C1. The molecule has 1 aromatic rings. The Hall–Kier alpha value is -0.280. The van der Waals surface area contributed by atoms with E-state index in [0.717, 1.165) is 22.7 Å². The highest BCUT2D eigenvalue weighted by molar-refractivity contribution is 9.10. The molecular formula is C10H14BrNO. The molecule has 72 valence electrons. The minimum absolute atomic E-state index is 0.841. The van der Waals surface area contributed by atoms with Gasteiger partial charge in [0.25, 0.3) is 0 Å². The fraction of sp³-hybridized carbons (Fsp3) is 0.600. The van der Waals surface area contributed by atoms with Gasteiger partial charge in [0.05, 0.1) is 17.3 Å². The Balaban J connectivity index is 1.95. The van der Waals surface area contributed by atoms with E-state index in [0.29, 0.717) is 0 Å². The van der Waals surface area contributed by atoms with Crippen LogP contribution < -0.4 is 0 Å². The lowest BCUT2D eigenvalue weighted by atomic mass is 10.2. The molecule has 0 radical (unpaired) electrons. The molecule has 0 saturated carbocycles. The standard InChI is InChI=1S/C10H14BrNO/c1-8-2-4-12(6-8)7-10-9(11)3-5-13-10/h3,5,8H,2,4,6-7H2,1H3. The quantitative estimate of drug-likeness (QED) is 0.795. The van der Waals surface area contributed by atoms with Gasteiger partial charge in [0.2, 0.25) is 0 Å². The molecule has 2 heterocycles. The Morgan fingerprint density at radius 3 is 3.08 bits per heavy atom. The second-order valence-corrected chi connectivity index (χ2v) is 4.68. The van der Waals surface area contributed by atoms with Gasteiger partial charge in [0, 0.05) is 6.54 Å². The van der Waals surface area contributed by atoms with E-state index in [4.69, 9.17) is 4.42 Å². The number of hydrogen-bond donors (Lipinski definition) is 0. The molecule has 0 spiro atoms. The normalized spacial score (nSPS) is 24.0. The summed E-state index contributed by atoms with van der Waals surface area (Å²) in [5.41, 5.74) is 0. The largest absolute Gasteiger partial charge is 0.467 e. The molecule has 0 aromatic carbocycles. The first-order chi connectivity index (χ1) is 6.25. The summed E-state index contributed by atoms with van der Waals surface area (Å²) in [6.45, 7) is 5.65. The van der Waals surface area contributed by atoms with Gasteiger partial charge in [-0.15, -0.1) is 0 Å². The molecule has 1 atom stereocenters. The Kier molecular flexibility index (Phi) is 2.74. The zero-order valence-electron chi connectivity index (χ0n) is 7.79. The Bertz CT molecular complexity index is 284. The molecule has 0 amide bonds. The van der Waals surface area contributed by atoms with Crippen LogP contribution in [-0.4, -0.2) is 18.0 Å². The molecule has 3 heteroatoms. The number of halogens is 1. The van der Waals surface area contributed by atoms with Crippen LogP contribution in [0.15, 0.2) is 21.2 Å². The predicted octanol–water partition coefficient (Wildman–Crippen LogP) is 2.88. The van der Waals surface area contributed by atoms with Gasteiger partial charge in [-0.05, 0) is 40.9 Å². The summed E-state index contributed by atoms with van der Waals surface area (Å²) in [5, 5.41) is 0. The van der Waals surface area contributed by atoms with Gasteiger partial charge in [0.15, 0.2) is 0 Å². The highest BCUT2D eigenvalue weighted by Crippen LogP contribution is 2.23. The lowest BCUT2D eigenvalue weighted by Crippen LogP contribution is -2.19. The second kappa shape index (κ2) is 3.84. The summed E-state index contributed by atoms with van der Waals surface area (Å²) in [4.78, 5) is 2.44. The van der Waals surface area contributed by atoms with E-state index in [9.17, 15) is 0 Å². The van der Waals surface area contributed by atoms with Gasteiger partial charge >= 0.3 is 0 Å². The number of likely N-dealkylation sites (tertiary alicyclic amines) is 1. The summed E-state index contributed by atoms with van der Waals surface area (Å²) in [7, 11) is 0. The van der Waals surface area contributed by atoms with Crippen LogP contribution in [0.2, 0.25) is 0 Å². The van der Waals surface area contributed by atoms with Gasteiger partial charge in [0.1, 0.15) is 5.76 Å². The average Bonchev–Trinajstić information content (AvgIpc) is 2.64. The first kappa shape index (κ1) is 9.28. The molecule has 1 aliphatic rings. The van der Waals surface area contributed by atoms with Crippen LogP contribution in [0.5, 0.6) is 0 Å². The van der Waals surface area contributed by atoms with E-state index in [2.05, 4.69) is 27.8 Å². The molecule has 1 aromatic heterocycles. The minimum atomic E-state index is 0.841. The van der Waals surface area contributed by atoms with Crippen LogP contribution in [0.1, 0.15) is 19.1 Å². The lowest BCUT2D eigenvalue weighted by molar-refractivity contribution is 0.288. The van der Waals surface area contributed by atoms with E-state index in [-0.39, 0.29) is 0 Å². The summed E-state index contributed by atoms with van der Waals surface area (Å²) < 4.78 is 6.46. The van der Waals surface area contributed by atoms with Crippen molar-refractivity contribution in [3.05, 3.63) is 22.6 Å². The third-order valence-electron chi connectivity index (χ3n) is 2.57. The van der Waals surface area contributed by atoms with Gasteiger partial charge in [-0.3, -0.25) is 4.90 Å². The minimum Gasteiger partial charge on any atom is -0.467 e. The van der Waals surface area contributed by atoms with Gasteiger partial charge in [-0.2, -0.15) is 0 Å². The van der Waals surface area contributed by atoms with Gasteiger partial charge in [-0.1, -0.05) is 6.92 Å². The van der Waals surface area contributed by atoms with Crippen molar-refractivity contribution in [1.82, 2.24) is 4.90 Å². The van der Waals surface area contributed by atoms with Crippen molar-refractivity contribution < 1.29 is 4.42 Å². The zero-order valence-corrected chi connectivity index (χ0v) is 9.38. The van der Waals surface area contributed by atoms with Crippen molar-refractivity contribution in [2.45, 2.75) is 19.9 Å². The lowest BCUT2D eigenvalue weighted by Gasteiger charge is -2.13. The van der Waals surface area contributed by atoms with Crippen LogP contribution in [0.3, 0.4) is 0 Å². The highest BCUT2D eigenvalue weighted by Gasteiger charge is 2.20. The van der Waals surface area contributed by atoms with Crippen LogP contribution in [-0.2, 0) is 6.54 Å². The Morgan fingerprint density at radius 1 is 1.69 bits per heavy atom. The van der Waals surface area contributed by atoms with Crippen LogP contribution in [0.25, 0.3) is 0 Å². The number of hydrogen-bond acceptors (Lipinski definition) is 2. The van der Waals surface area contributed by atoms with E-state index in [1.807, 2.05) is 6.07 Å². The van der Waals surface area contributed by atoms with Gasteiger partial charge in [-0.25, -0.2) is 0 Å². The van der Waals surface area contributed by atoms with Crippen LogP contribution in [0, 0.1) is 5.92 Å². The van der Waals surface area contributed by atoms with Crippen molar-refractivity contribution in [3.8, 4) is 0 Å². The van der Waals surface area contributed by atoms with Crippen molar-refractivity contribution in [2.75, 3.05) is 13.1 Å². The Labute approximate surface area is 87.0 Å². The smallest absolute Gasteiger partial charge is 0.131 e. The molecule has 0 aliphatic carbocycles. The maximum Gasteiger partial charge on any atom is 0.131 e. The molecule has 2 nitrogen and oxygen atoms in total. The monoisotopic (exact) mass is 243 g/mol. The van der Waals surface area contributed by atoms with E-state index < -0.39 is 0 Å². The van der Waals surface area contributed by atoms with E-state index >= 15 is 0 Å². The van der Waals surface area contributed by atoms with Crippen molar-refractivity contribution in [2.24, 2.45) is 5.92 Å². The third-order valence-corrected chi connectivity index (χ3v) is 3.27. The molecular weight excluding hydrogens is 230 g/mol. The maximum atomic E-state index is 5.37. The number of rotatable bonds is 2. The van der Waals surface area contributed by atoms with Crippen molar-refractivity contribution in [3.63, 3.8) is 0 Å². The molecule has 1 unspecified atom stereocenters. The topological polar surface area (TPSA) is 16.4 Å². The highest BCUT2D eigenvalue weighted by atomic mass is 79.9.